The smallest absolute Gasteiger partial charge is 0.312 e. The highest BCUT2D eigenvalue weighted by molar-refractivity contribution is 5.82. The summed E-state index contributed by atoms with van der Waals surface area (Å²) in [6.07, 6.45) is 1.56. The van der Waals surface area contributed by atoms with Crippen molar-refractivity contribution < 1.29 is 14.6 Å². The van der Waals surface area contributed by atoms with E-state index < -0.39 is 17.5 Å². The molecule has 2 heterocycles. The molecule has 0 fully saturated rings. The van der Waals surface area contributed by atoms with Gasteiger partial charge in [-0.05, 0) is 57.2 Å². The number of nitrogens with zero attached hydrogens (tertiary/aromatic N) is 2. The number of carboxylic acid groups (broad SMARTS) is 1. The van der Waals surface area contributed by atoms with Gasteiger partial charge in [-0.25, -0.2) is 4.68 Å². The number of hydrogen-bond donors (Lipinski definition) is 1. The van der Waals surface area contributed by atoms with Gasteiger partial charge in [0, 0.05) is 0 Å². The van der Waals surface area contributed by atoms with Gasteiger partial charge < -0.3 is 9.84 Å². The maximum Gasteiger partial charge on any atom is 0.312 e. The Kier molecular flexibility index (Phi) is 5.77. The number of carbonyl (C=O) groups is 1. The third-order valence-electron chi connectivity index (χ3n) is 5.84. The van der Waals surface area contributed by atoms with Crippen molar-refractivity contribution in [3.8, 4) is 11.1 Å². The fraction of sp³-hybridized carbons (Fsp3) is 0.565. The highest BCUT2D eigenvalue weighted by Crippen LogP contribution is 2.35. The number of hydrogen-bond acceptors (Lipinski definition) is 3. The van der Waals surface area contributed by atoms with Crippen molar-refractivity contribution in [2.45, 2.75) is 79.0 Å². The molecule has 0 bridgehead atoms. The second-order valence-corrected chi connectivity index (χ2v) is 8.58. The molecule has 1 aliphatic rings. The Morgan fingerprint density at radius 1 is 1.17 bits per heavy atom. The molecule has 6 heteroatoms. The zero-order valence-corrected chi connectivity index (χ0v) is 18.3. The Labute approximate surface area is 172 Å². The molecule has 1 N–H and O–H groups in total. The molecule has 0 radical (unpaired) electrons. The molecule has 1 unspecified atom stereocenters. The zero-order chi connectivity index (χ0) is 21.5. The van der Waals surface area contributed by atoms with Gasteiger partial charge in [0.1, 0.15) is 0 Å². The van der Waals surface area contributed by atoms with E-state index >= 15 is 0 Å². The molecule has 3 rings (SSSR count). The van der Waals surface area contributed by atoms with Crippen LogP contribution in [-0.2, 0) is 35.5 Å². The molecular formula is C23H32N2O4. The third kappa shape index (κ3) is 3.78. The molecule has 158 valence electrons. The molecule has 1 aromatic heterocycles. The summed E-state index contributed by atoms with van der Waals surface area (Å²) in [4.78, 5) is 25.7. The number of aromatic nitrogens is 2. The van der Waals surface area contributed by atoms with Gasteiger partial charge in [0.25, 0.3) is 5.56 Å². The summed E-state index contributed by atoms with van der Waals surface area (Å²) in [5, 5.41) is 9.86. The molecule has 1 aliphatic heterocycles. The van der Waals surface area contributed by atoms with Crippen LogP contribution >= 0.6 is 0 Å². The summed E-state index contributed by atoms with van der Waals surface area (Å²) in [5.74, 6) is -1.73. The summed E-state index contributed by atoms with van der Waals surface area (Å²) >= 11 is 0. The second-order valence-electron chi connectivity index (χ2n) is 8.58. The fourth-order valence-electron chi connectivity index (χ4n) is 4.43. The van der Waals surface area contributed by atoms with E-state index in [9.17, 15) is 14.7 Å². The minimum Gasteiger partial charge on any atom is -0.481 e. The topological polar surface area (TPSA) is 73.5 Å². The van der Waals surface area contributed by atoms with Crippen LogP contribution in [0.5, 0.6) is 0 Å². The number of benzene rings is 1. The Morgan fingerprint density at radius 3 is 2.28 bits per heavy atom. The van der Waals surface area contributed by atoms with Gasteiger partial charge in [-0.1, -0.05) is 31.5 Å². The molecule has 0 saturated heterocycles. The lowest BCUT2D eigenvalue weighted by Gasteiger charge is -2.25. The lowest BCUT2D eigenvalue weighted by Crippen LogP contribution is -2.31. The molecule has 1 atom stereocenters. The summed E-state index contributed by atoms with van der Waals surface area (Å²) in [5.41, 5.74) is 4.78. The normalized spacial score (nSPS) is 16.9. The number of ether oxygens (including phenoxy) is 1. The molecule has 0 amide bonds. The van der Waals surface area contributed by atoms with Gasteiger partial charge in [-0.2, -0.15) is 0 Å². The molecule has 0 spiro atoms. The van der Waals surface area contributed by atoms with Crippen LogP contribution in [0, 0.1) is 6.92 Å². The molecule has 0 aliphatic carbocycles. The Hall–Kier alpha value is -2.34. The molecule has 2 aromatic rings. The van der Waals surface area contributed by atoms with Crippen LogP contribution in [0.1, 0.15) is 62.9 Å². The minimum atomic E-state index is -0.932. The quantitative estimate of drug-likeness (QED) is 0.830. The Morgan fingerprint density at radius 2 is 1.76 bits per heavy atom. The van der Waals surface area contributed by atoms with E-state index in [2.05, 4.69) is 32.9 Å². The van der Waals surface area contributed by atoms with Crippen LogP contribution in [0.3, 0.4) is 0 Å². The first-order valence-electron chi connectivity index (χ1n) is 10.4. The van der Waals surface area contributed by atoms with Gasteiger partial charge in [0.2, 0.25) is 0 Å². The summed E-state index contributed by atoms with van der Waals surface area (Å²) in [6, 6.07) is 4.23. The van der Waals surface area contributed by atoms with E-state index in [1.807, 2.05) is 18.5 Å². The van der Waals surface area contributed by atoms with Crippen molar-refractivity contribution in [3.05, 3.63) is 44.9 Å². The summed E-state index contributed by atoms with van der Waals surface area (Å²) in [6.45, 7) is 13.1. The van der Waals surface area contributed by atoms with E-state index in [-0.39, 0.29) is 5.56 Å². The van der Waals surface area contributed by atoms with Crippen LogP contribution in [-0.4, -0.2) is 32.6 Å². The van der Waals surface area contributed by atoms with Crippen LogP contribution in [0.25, 0.3) is 11.1 Å². The van der Waals surface area contributed by atoms with E-state index in [4.69, 9.17) is 4.74 Å². The first kappa shape index (κ1) is 21.4. The number of aryl methyl sites for hydroxylation is 3. The van der Waals surface area contributed by atoms with Crippen molar-refractivity contribution in [1.29, 1.82) is 0 Å². The van der Waals surface area contributed by atoms with E-state index in [1.165, 1.54) is 0 Å². The van der Waals surface area contributed by atoms with Crippen LogP contribution in [0.2, 0.25) is 0 Å². The van der Waals surface area contributed by atoms with Gasteiger partial charge >= 0.3 is 5.97 Å². The van der Waals surface area contributed by atoms with Crippen molar-refractivity contribution in [2.24, 2.45) is 0 Å². The molecule has 0 saturated carbocycles. The van der Waals surface area contributed by atoms with Crippen LogP contribution < -0.4 is 5.56 Å². The van der Waals surface area contributed by atoms with Crippen molar-refractivity contribution in [1.82, 2.24) is 9.36 Å². The van der Waals surface area contributed by atoms with Gasteiger partial charge in [0.15, 0.2) is 0 Å². The van der Waals surface area contributed by atoms with Gasteiger partial charge in [-0.15, -0.1) is 0 Å². The van der Waals surface area contributed by atoms with Crippen LogP contribution in [0.15, 0.2) is 16.9 Å². The average molecular weight is 401 g/mol. The fourth-order valence-corrected chi connectivity index (χ4v) is 4.43. The molecule has 1 aromatic carbocycles. The predicted octanol–water partition coefficient (Wildman–Crippen LogP) is 3.75. The number of aliphatic carboxylic acids is 1. The molecule has 29 heavy (non-hydrogen) atoms. The molecular weight excluding hydrogens is 368 g/mol. The lowest BCUT2D eigenvalue weighted by molar-refractivity contribution is -0.138. The lowest BCUT2D eigenvalue weighted by atomic mass is 9.88. The summed E-state index contributed by atoms with van der Waals surface area (Å²) < 4.78 is 9.45. The minimum absolute atomic E-state index is 0.123. The number of rotatable bonds is 5. The monoisotopic (exact) mass is 400 g/mol. The maximum atomic E-state index is 13.6. The number of fused-ring (bicyclic) bond motifs is 1. The SMILES string of the molecule is CCc1cc(C)cc(CC)c1-c1c(C(C)C(=O)O)n2n(c1=O)CCOC(C)(C)C2. The zero-order valence-electron chi connectivity index (χ0n) is 18.3. The second kappa shape index (κ2) is 7.82. The maximum absolute atomic E-state index is 13.6. The summed E-state index contributed by atoms with van der Waals surface area (Å²) in [7, 11) is 0. The predicted molar refractivity (Wildman–Crippen MR) is 114 cm³/mol. The first-order valence-corrected chi connectivity index (χ1v) is 10.4. The average Bonchev–Trinajstić information content (AvgIpc) is 2.80. The Balaban J connectivity index is 2.43. The van der Waals surface area contributed by atoms with E-state index in [0.717, 1.165) is 35.1 Å². The number of carboxylic acids is 1. The first-order chi connectivity index (χ1) is 13.6. The van der Waals surface area contributed by atoms with Crippen molar-refractivity contribution in [3.63, 3.8) is 0 Å². The largest absolute Gasteiger partial charge is 0.481 e. The molecule has 6 nitrogen and oxygen atoms in total. The van der Waals surface area contributed by atoms with Crippen molar-refractivity contribution >= 4 is 5.97 Å². The Bertz CT molecular complexity index is 972. The van der Waals surface area contributed by atoms with Crippen molar-refractivity contribution in [2.75, 3.05) is 6.61 Å². The van der Waals surface area contributed by atoms with Gasteiger partial charge in [-0.3, -0.25) is 14.3 Å². The van der Waals surface area contributed by atoms with Gasteiger partial charge in [0.05, 0.1) is 42.5 Å². The van der Waals surface area contributed by atoms with Crippen LogP contribution in [0.4, 0.5) is 0 Å². The van der Waals surface area contributed by atoms with E-state index in [1.54, 1.807) is 11.6 Å². The van der Waals surface area contributed by atoms with E-state index in [0.29, 0.717) is 31.0 Å². The standard InChI is InChI=1S/C23H32N2O4/c1-7-16-11-14(3)12-17(8-2)18(16)19-20(15(4)22(27)28)25-13-23(5,6)29-10-9-24(25)21(19)26/h11-12,15H,7-10,13H2,1-6H3,(H,27,28). The highest BCUT2D eigenvalue weighted by Gasteiger charge is 2.34. The third-order valence-corrected chi connectivity index (χ3v) is 5.84. The highest BCUT2D eigenvalue weighted by atomic mass is 16.5.